The lowest BCUT2D eigenvalue weighted by Gasteiger charge is -2.23. The van der Waals surface area contributed by atoms with Crippen molar-refractivity contribution in [2.24, 2.45) is 0 Å². The van der Waals surface area contributed by atoms with Crippen molar-refractivity contribution >= 4 is 17.5 Å². The largest absolute Gasteiger partial charge is 0.370 e. The molecule has 0 saturated carbocycles. The van der Waals surface area contributed by atoms with Gasteiger partial charge in [-0.05, 0) is 38.1 Å². The fourth-order valence-corrected chi connectivity index (χ4v) is 3.22. The zero-order chi connectivity index (χ0) is 19.9. The molecule has 0 aliphatic carbocycles. The monoisotopic (exact) mass is 382 g/mol. The third-order valence-electron chi connectivity index (χ3n) is 4.71. The van der Waals surface area contributed by atoms with Crippen LogP contribution in [0.3, 0.4) is 0 Å². The van der Waals surface area contributed by atoms with Gasteiger partial charge >= 0.3 is 0 Å². The average Bonchev–Trinajstić information content (AvgIpc) is 2.69. The van der Waals surface area contributed by atoms with E-state index in [1.165, 1.54) is 10.5 Å². The molecule has 0 spiro atoms. The van der Waals surface area contributed by atoms with Gasteiger partial charge in [-0.3, -0.25) is 9.59 Å². The molecule has 148 valence electrons. The van der Waals surface area contributed by atoms with Crippen molar-refractivity contribution in [2.75, 3.05) is 31.6 Å². The highest BCUT2D eigenvalue weighted by Gasteiger charge is 2.16. The summed E-state index contributed by atoms with van der Waals surface area (Å²) in [5.74, 6) is -0.426. The highest BCUT2D eigenvalue weighted by atomic mass is 16.5. The number of anilines is 1. The lowest BCUT2D eigenvalue weighted by molar-refractivity contribution is -0.921. The van der Waals surface area contributed by atoms with Gasteiger partial charge < -0.3 is 20.3 Å². The van der Waals surface area contributed by atoms with Crippen LogP contribution < -0.4 is 15.5 Å². The van der Waals surface area contributed by atoms with Crippen LogP contribution in [0.25, 0.3) is 0 Å². The van der Waals surface area contributed by atoms with E-state index in [-0.39, 0.29) is 17.9 Å². The standard InChI is InChI=1S/C22H27N3O3/c1-16(2)23-22(27)19-5-3-4-6-20(19)24-21(26)18-9-7-17(8-10-18)15-25-11-13-28-14-12-25/h3-10,16H,11-15H2,1-2H3,(H,23,27)(H,24,26)/p+1. The third kappa shape index (κ3) is 5.41. The molecule has 6 heteroatoms. The smallest absolute Gasteiger partial charge is 0.255 e. The van der Waals surface area contributed by atoms with Crippen molar-refractivity contribution in [3.63, 3.8) is 0 Å². The van der Waals surface area contributed by atoms with Crippen LogP contribution in [0.2, 0.25) is 0 Å². The number of ether oxygens (including phenoxy) is 1. The normalized spacial score (nSPS) is 14.7. The van der Waals surface area contributed by atoms with Crippen LogP contribution in [0, 0.1) is 0 Å². The van der Waals surface area contributed by atoms with E-state index in [0.717, 1.165) is 32.8 Å². The number of para-hydroxylation sites is 1. The van der Waals surface area contributed by atoms with Gasteiger partial charge in [-0.25, -0.2) is 0 Å². The molecule has 2 amide bonds. The summed E-state index contributed by atoms with van der Waals surface area (Å²) in [7, 11) is 0. The van der Waals surface area contributed by atoms with Crippen molar-refractivity contribution < 1.29 is 19.2 Å². The van der Waals surface area contributed by atoms with Crippen LogP contribution >= 0.6 is 0 Å². The van der Waals surface area contributed by atoms with Gasteiger partial charge in [0.15, 0.2) is 0 Å². The second kappa shape index (κ2) is 9.48. The molecular weight excluding hydrogens is 354 g/mol. The van der Waals surface area contributed by atoms with Crippen molar-refractivity contribution in [1.82, 2.24) is 5.32 Å². The van der Waals surface area contributed by atoms with E-state index in [4.69, 9.17) is 4.74 Å². The Morgan fingerprint density at radius 3 is 2.36 bits per heavy atom. The molecule has 2 aromatic rings. The van der Waals surface area contributed by atoms with E-state index < -0.39 is 0 Å². The summed E-state index contributed by atoms with van der Waals surface area (Å²) >= 11 is 0. The zero-order valence-electron chi connectivity index (χ0n) is 16.5. The minimum absolute atomic E-state index is 0.0254. The van der Waals surface area contributed by atoms with E-state index in [9.17, 15) is 9.59 Å². The minimum Gasteiger partial charge on any atom is -0.370 e. The van der Waals surface area contributed by atoms with E-state index in [0.29, 0.717) is 16.8 Å². The number of carbonyl (C=O) groups excluding carboxylic acids is 2. The fraction of sp³-hybridized carbons (Fsp3) is 0.364. The number of nitrogens with one attached hydrogen (secondary N) is 3. The number of hydrogen-bond acceptors (Lipinski definition) is 3. The van der Waals surface area contributed by atoms with Crippen LogP contribution in [-0.4, -0.2) is 44.2 Å². The number of carbonyl (C=O) groups is 2. The molecule has 0 radical (unpaired) electrons. The molecule has 6 nitrogen and oxygen atoms in total. The van der Waals surface area contributed by atoms with Crippen LogP contribution in [0.4, 0.5) is 5.69 Å². The summed E-state index contributed by atoms with van der Waals surface area (Å²) in [5.41, 5.74) is 2.73. The minimum atomic E-state index is -0.227. The highest BCUT2D eigenvalue weighted by Crippen LogP contribution is 2.17. The lowest BCUT2D eigenvalue weighted by atomic mass is 10.1. The molecule has 1 aliphatic rings. The molecule has 1 heterocycles. The third-order valence-corrected chi connectivity index (χ3v) is 4.71. The van der Waals surface area contributed by atoms with Crippen molar-refractivity contribution in [3.05, 3.63) is 65.2 Å². The van der Waals surface area contributed by atoms with Crippen molar-refractivity contribution in [3.8, 4) is 0 Å². The van der Waals surface area contributed by atoms with Crippen LogP contribution in [0.15, 0.2) is 48.5 Å². The fourth-order valence-electron chi connectivity index (χ4n) is 3.22. The van der Waals surface area contributed by atoms with Gasteiger partial charge in [-0.1, -0.05) is 24.3 Å². The molecule has 1 aliphatic heterocycles. The van der Waals surface area contributed by atoms with Crippen LogP contribution in [0.1, 0.15) is 40.1 Å². The van der Waals surface area contributed by atoms with E-state index in [1.807, 2.05) is 38.1 Å². The zero-order valence-corrected chi connectivity index (χ0v) is 16.5. The quantitative estimate of drug-likeness (QED) is 0.709. The number of rotatable bonds is 6. The Hall–Kier alpha value is -2.70. The lowest BCUT2D eigenvalue weighted by Crippen LogP contribution is -3.12. The average molecular weight is 382 g/mol. The Morgan fingerprint density at radius 2 is 1.68 bits per heavy atom. The summed E-state index contributed by atoms with van der Waals surface area (Å²) in [5, 5.41) is 5.72. The van der Waals surface area contributed by atoms with Crippen LogP contribution in [-0.2, 0) is 11.3 Å². The topological polar surface area (TPSA) is 71.9 Å². The van der Waals surface area contributed by atoms with Gasteiger partial charge in [0.2, 0.25) is 0 Å². The Kier molecular flexibility index (Phi) is 6.79. The molecule has 0 unspecified atom stereocenters. The van der Waals surface area contributed by atoms with E-state index >= 15 is 0 Å². The number of benzene rings is 2. The van der Waals surface area contributed by atoms with Gasteiger partial charge in [-0.15, -0.1) is 0 Å². The Balaban J connectivity index is 1.65. The highest BCUT2D eigenvalue weighted by molar-refractivity contribution is 6.09. The maximum atomic E-state index is 12.6. The Bertz CT molecular complexity index is 812. The molecule has 1 fully saturated rings. The number of hydrogen-bond donors (Lipinski definition) is 3. The van der Waals surface area contributed by atoms with Gasteiger partial charge in [0, 0.05) is 17.2 Å². The van der Waals surface area contributed by atoms with E-state index in [1.54, 1.807) is 24.3 Å². The summed E-state index contributed by atoms with van der Waals surface area (Å²) < 4.78 is 5.39. The maximum Gasteiger partial charge on any atom is 0.255 e. The summed E-state index contributed by atoms with van der Waals surface area (Å²) in [4.78, 5) is 26.5. The van der Waals surface area contributed by atoms with Crippen molar-refractivity contribution in [1.29, 1.82) is 0 Å². The summed E-state index contributed by atoms with van der Waals surface area (Å²) in [6.45, 7) is 8.37. The van der Waals surface area contributed by atoms with Crippen LogP contribution in [0.5, 0.6) is 0 Å². The molecule has 0 aromatic heterocycles. The predicted octanol–water partition coefficient (Wildman–Crippen LogP) is 1.49. The second-order valence-electron chi connectivity index (χ2n) is 7.36. The molecular formula is C22H28N3O3+. The molecule has 0 atom stereocenters. The molecule has 3 N–H and O–H groups in total. The van der Waals surface area contributed by atoms with Gasteiger partial charge in [0.25, 0.3) is 11.8 Å². The molecule has 3 rings (SSSR count). The predicted molar refractivity (Wildman–Crippen MR) is 109 cm³/mol. The summed E-state index contributed by atoms with van der Waals surface area (Å²) in [6, 6.07) is 14.7. The van der Waals surface area contributed by atoms with E-state index in [2.05, 4.69) is 10.6 Å². The van der Waals surface area contributed by atoms with Gasteiger partial charge in [0.1, 0.15) is 19.6 Å². The first kappa shape index (κ1) is 20.0. The first-order valence-electron chi connectivity index (χ1n) is 9.74. The molecule has 2 aromatic carbocycles. The SMILES string of the molecule is CC(C)NC(=O)c1ccccc1NC(=O)c1ccc(C[NH+]2CCOCC2)cc1. The second-order valence-corrected chi connectivity index (χ2v) is 7.36. The number of quaternary nitrogens is 1. The first-order valence-corrected chi connectivity index (χ1v) is 9.74. The first-order chi connectivity index (χ1) is 13.5. The Labute approximate surface area is 165 Å². The van der Waals surface area contributed by atoms with Gasteiger partial charge in [-0.2, -0.15) is 0 Å². The summed E-state index contributed by atoms with van der Waals surface area (Å²) in [6.07, 6.45) is 0. The Morgan fingerprint density at radius 1 is 1.00 bits per heavy atom. The number of morpholine rings is 1. The van der Waals surface area contributed by atoms with Crippen molar-refractivity contribution in [2.45, 2.75) is 26.4 Å². The van der Waals surface area contributed by atoms with Gasteiger partial charge in [0.05, 0.1) is 24.5 Å². The number of amides is 2. The molecule has 28 heavy (non-hydrogen) atoms. The maximum absolute atomic E-state index is 12.6. The molecule has 0 bridgehead atoms. The molecule has 1 saturated heterocycles.